The lowest BCUT2D eigenvalue weighted by Gasteiger charge is -1.65. The molecular formula is C3H9ClO3P+. The lowest BCUT2D eigenvalue weighted by atomic mass is 10.6. The van der Waals surface area contributed by atoms with Crippen molar-refractivity contribution < 1.29 is 14.4 Å². The second kappa shape index (κ2) is 10.3. The summed E-state index contributed by atoms with van der Waals surface area (Å²) in [7, 11) is -2.87. The molecule has 0 aliphatic heterocycles. The molecule has 0 aromatic carbocycles. The van der Waals surface area contributed by atoms with E-state index < -0.39 is 8.25 Å². The van der Waals surface area contributed by atoms with Gasteiger partial charge in [0, 0.05) is 10.4 Å². The summed E-state index contributed by atoms with van der Waals surface area (Å²) in [5, 5.41) is 0. The predicted molar refractivity (Wildman–Crippen MR) is 33.1 cm³/mol. The van der Waals surface area contributed by atoms with Gasteiger partial charge in [0.15, 0.2) is 0 Å². The number of halogens is 1. The third-order valence-electron chi connectivity index (χ3n) is 0.189. The molecule has 5 heteroatoms. The number of rotatable bonds is 1. The van der Waals surface area contributed by atoms with Crippen LogP contribution in [0, 0.1) is 0 Å². The first-order valence-electron chi connectivity index (χ1n) is 2.06. The molecule has 0 aliphatic carbocycles. The quantitative estimate of drug-likeness (QED) is 0.447. The minimum atomic E-state index is -2.87. The van der Waals surface area contributed by atoms with E-state index in [1.54, 1.807) is 0 Å². The maximum absolute atomic E-state index is 8.70. The number of alkyl halides is 1. The Morgan fingerprint density at radius 2 is 1.75 bits per heavy atom. The fourth-order valence-corrected chi connectivity index (χ4v) is 0. The zero-order chi connectivity index (χ0) is 6.99. The van der Waals surface area contributed by atoms with Gasteiger partial charge in [-0.2, -0.15) is 0 Å². The van der Waals surface area contributed by atoms with Crippen molar-refractivity contribution in [1.82, 2.24) is 0 Å². The smallest absolute Gasteiger partial charge is 0.134 e. The monoisotopic (exact) mass is 159 g/mol. The Kier molecular flexibility index (Phi) is 14.4. The average Bonchev–Trinajstić information content (AvgIpc) is 1.65. The third-order valence-corrected chi connectivity index (χ3v) is 0.567. The molecule has 0 aromatic rings. The minimum Gasteiger partial charge on any atom is -0.134 e. The Morgan fingerprint density at radius 1 is 1.62 bits per heavy atom. The van der Waals surface area contributed by atoms with Crippen molar-refractivity contribution in [3.8, 4) is 0 Å². The van der Waals surface area contributed by atoms with Crippen LogP contribution in [0.2, 0.25) is 0 Å². The Morgan fingerprint density at radius 3 is 1.75 bits per heavy atom. The number of hydrogen-bond acceptors (Lipinski definition) is 1. The maximum Gasteiger partial charge on any atom is 0.692 e. The van der Waals surface area contributed by atoms with Crippen molar-refractivity contribution in [3.63, 3.8) is 0 Å². The summed E-state index contributed by atoms with van der Waals surface area (Å²) in [5.41, 5.74) is 0. The highest BCUT2D eigenvalue weighted by atomic mass is 35.5. The van der Waals surface area contributed by atoms with E-state index in [-0.39, 0.29) is 0 Å². The van der Waals surface area contributed by atoms with Gasteiger partial charge in [-0.05, 0) is 6.42 Å². The molecular weight excluding hydrogens is 150 g/mol. The summed E-state index contributed by atoms with van der Waals surface area (Å²) >= 11 is 5.19. The lowest BCUT2D eigenvalue weighted by molar-refractivity contribution is 0.405. The minimum absolute atomic E-state index is 0.792. The topological polar surface area (TPSA) is 57.5 Å². The van der Waals surface area contributed by atoms with Crippen molar-refractivity contribution in [3.05, 3.63) is 0 Å². The highest BCUT2D eigenvalue weighted by Gasteiger charge is 1.93. The molecule has 0 aromatic heterocycles. The normalized spacial score (nSPS) is 7.00. The maximum atomic E-state index is 8.70. The van der Waals surface area contributed by atoms with Gasteiger partial charge in [-0.1, -0.05) is 6.92 Å². The van der Waals surface area contributed by atoms with E-state index in [0.717, 1.165) is 12.3 Å². The molecule has 0 saturated heterocycles. The van der Waals surface area contributed by atoms with Crippen LogP contribution in [0.25, 0.3) is 0 Å². The molecule has 0 saturated carbocycles. The molecule has 0 spiro atoms. The van der Waals surface area contributed by atoms with Gasteiger partial charge in [0.2, 0.25) is 0 Å². The molecule has 0 amide bonds. The Balaban J connectivity index is 0. The molecule has 0 aliphatic rings. The summed E-state index contributed by atoms with van der Waals surface area (Å²) in [6, 6.07) is 0. The molecule has 3 nitrogen and oxygen atoms in total. The fourth-order valence-electron chi connectivity index (χ4n) is 0. The summed E-state index contributed by atoms with van der Waals surface area (Å²) in [6.45, 7) is 2.05. The zero-order valence-corrected chi connectivity index (χ0v) is 6.19. The van der Waals surface area contributed by atoms with E-state index >= 15 is 0 Å². The van der Waals surface area contributed by atoms with Crippen molar-refractivity contribution in [2.75, 3.05) is 5.88 Å². The summed E-state index contributed by atoms with van der Waals surface area (Å²) in [4.78, 5) is 14.2. The molecule has 0 radical (unpaired) electrons. The van der Waals surface area contributed by atoms with E-state index in [1.165, 1.54) is 0 Å². The zero-order valence-electron chi connectivity index (χ0n) is 4.54. The van der Waals surface area contributed by atoms with Crippen molar-refractivity contribution in [2.45, 2.75) is 13.3 Å². The highest BCUT2D eigenvalue weighted by Crippen LogP contribution is 1.98. The fraction of sp³-hybridized carbons (Fsp3) is 1.00. The average molecular weight is 160 g/mol. The summed E-state index contributed by atoms with van der Waals surface area (Å²) < 4.78 is 8.70. The first-order chi connectivity index (χ1) is 3.65. The Bertz CT molecular complexity index is 52.5. The van der Waals surface area contributed by atoms with Crippen LogP contribution in [0.3, 0.4) is 0 Å². The standard InChI is InChI=1S/C3H7Cl.HO3P/c1-2-3-4;1-4(2)3/h2-3H2,1H3;(H-,1,2,3)/p+1. The van der Waals surface area contributed by atoms with E-state index in [9.17, 15) is 0 Å². The lowest BCUT2D eigenvalue weighted by Crippen LogP contribution is -1.55. The van der Waals surface area contributed by atoms with Crippen LogP contribution in [-0.4, -0.2) is 15.7 Å². The largest absolute Gasteiger partial charge is 0.692 e. The van der Waals surface area contributed by atoms with Crippen LogP contribution in [0.5, 0.6) is 0 Å². The van der Waals surface area contributed by atoms with E-state index in [1.807, 2.05) is 6.92 Å². The molecule has 0 unspecified atom stereocenters. The first-order valence-corrected chi connectivity index (χ1v) is 3.76. The van der Waals surface area contributed by atoms with Crippen LogP contribution in [0.1, 0.15) is 13.3 Å². The molecule has 2 N–H and O–H groups in total. The first kappa shape index (κ1) is 11.2. The molecule has 0 fully saturated rings. The summed E-state index contributed by atoms with van der Waals surface area (Å²) in [5.74, 6) is 0.792. The van der Waals surface area contributed by atoms with Gasteiger partial charge in [0.05, 0.1) is 0 Å². The van der Waals surface area contributed by atoms with E-state index in [0.29, 0.717) is 0 Å². The third kappa shape index (κ3) is 104. The highest BCUT2D eigenvalue weighted by molar-refractivity contribution is 7.30. The van der Waals surface area contributed by atoms with Crippen molar-refractivity contribution in [1.29, 1.82) is 0 Å². The SMILES string of the molecule is CCCCl.O=[P+](O)O. The van der Waals surface area contributed by atoms with Gasteiger partial charge in [0.1, 0.15) is 0 Å². The second-order valence-corrected chi connectivity index (χ2v) is 1.83. The van der Waals surface area contributed by atoms with E-state index in [4.69, 9.17) is 26.0 Å². The Labute approximate surface area is 54.2 Å². The van der Waals surface area contributed by atoms with Gasteiger partial charge >= 0.3 is 8.25 Å². The van der Waals surface area contributed by atoms with Gasteiger partial charge in [-0.3, -0.25) is 0 Å². The van der Waals surface area contributed by atoms with Gasteiger partial charge in [0.25, 0.3) is 0 Å². The van der Waals surface area contributed by atoms with Crippen molar-refractivity contribution in [2.24, 2.45) is 0 Å². The van der Waals surface area contributed by atoms with E-state index in [2.05, 4.69) is 0 Å². The van der Waals surface area contributed by atoms with Crippen LogP contribution >= 0.6 is 19.9 Å². The van der Waals surface area contributed by atoms with Crippen molar-refractivity contribution >= 4 is 19.9 Å². The second-order valence-electron chi connectivity index (χ2n) is 0.942. The molecule has 0 atom stereocenters. The summed E-state index contributed by atoms with van der Waals surface area (Å²) in [6.07, 6.45) is 1.08. The molecule has 0 heterocycles. The Hall–Kier alpha value is 0.310. The molecule has 8 heavy (non-hydrogen) atoms. The van der Waals surface area contributed by atoms with Crippen LogP contribution in [0.15, 0.2) is 0 Å². The van der Waals surface area contributed by atoms with Gasteiger partial charge in [-0.25, -0.2) is 0 Å². The van der Waals surface area contributed by atoms with Crippen LogP contribution in [-0.2, 0) is 4.57 Å². The predicted octanol–water partition coefficient (Wildman–Crippen LogP) is 1.26. The molecule has 50 valence electrons. The van der Waals surface area contributed by atoms with Crippen LogP contribution in [0.4, 0.5) is 0 Å². The molecule has 0 rings (SSSR count). The number of hydrogen-bond donors (Lipinski definition) is 2. The van der Waals surface area contributed by atoms with Crippen LogP contribution < -0.4 is 0 Å². The molecule has 0 bridgehead atoms. The van der Waals surface area contributed by atoms with Gasteiger partial charge in [-0.15, -0.1) is 21.4 Å². The van der Waals surface area contributed by atoms with Gasteiger partial charge < -0.3 is 0 Å².